The lowest BCUT2D eigenvalue weighted by atomic mass is 10.1. The highest BCUT2D eigenvalue weighted by molar-refractivity contribution is 6.09. The first-order valence-corrected chi connectivity index (χ1v) is 9.69. The predicted molar refractivity (Wildman–Crippen MR) is 114 cm³/mol. The van der Waals surface area contributed by atoms with Gasteiger partial charge in [-0.15, -0.1) is 10.2 Å². The van der Waals surface area contributed by atoms with Crippen molar-refractivity contribution in [3.8, 4) is 0 Å². The summed E-state index contributed by atoms with van der Waals surface area (Å²) in [6, 6.07) is 8.98. The van der Waals surface area contributed by atoms with Crippen LogP contribution in [0, 0.1) is 5.92 Å². The molecule has 33 heavy (non-hydrogen) atoms. The number of amides is 1. The van der Waals surface area contributed by atoms with Crippen LogP contribution in [0.3, 0.4) is 0 Å². The minimum Gasteiger partial charge on any atom is -0.475 e. The lowest BCUT2D eigenvalue weighted by molar-refractivity contribution is -0.192. The first-order valence-electron chi connectivity index (χ1n) is 9.69. The molecule has 1 aromatic carbocycles. The number of benzene rings is 1. The van der Waals surface area contributed by atoms with E-state index in [0.717, 1.165) is 23.0 Å². The third kappa shape index (κ3) is 5.79. The van der Waals surface area contributed by atoms with Crippen LogP contribution in [-0.2, 0) is 11.3 Å². The Kier molecular flexibility index (Phi) is 6.85. The Morgan fingerprint density at radius 2 is 1.91 bits per heavy atom. The summed E-state index contributed by atoms with van der Waals surface area (Å²) >= 11 is 0. The van der Waals surface area contributed by atoms with E-state index >= 15 is 0 Å². The molecule has 4 aromatic rings. The van der Waals surface area contributed by atoms with Gasteiger partial charge in [-0.05, 0) is 36.2 Å². The SMILES string of the molecule is CC(C)Cn1cnc2nnc3ccc(C(=O)Nc4cccnc4)cc3c21.O=C(O)C(F)(F)F. The van der Waals surface area contributed by atoms with Gasteiger partial charge in [0.1, 0.15) is 0 Å². The summed E-state index contributed by atoms with van der Waals surface area (Å²) in [5.74, 6) is -2.49. The Balaban J connectivity index is 0.000000383. The van der Waals surface area contributed by atoms with E-state index in [9.17, 15) is 18.0 Å². The van der Waals surface area contributed by atoms with Crippen molar-refractivity contribution in [3.63, 3.8) is 0 Å². The fourth-order valence-corrected chi connectivity index (χ4v) is 2.95. The van der Waals surface area contributed by atoms with Gasteiger partial charge in [0.2, 0.25) is 5.65 Å². The van der Waals surface area contributed by atoms with Gasteiger partial charge in [0, 0.05) is 23.7 Å². The molecule has 0 aliphatic heterocycles. The van der Waals surface area contributed by atoms with Crippen molar-refractivity contribution in [2.45, 2.75) is 26.6 Å². The second-order valence-corrected chi connectivity index (χ2v) is 7.39. The number of nitrogens with zero attached hydrogens (tertiary/aromatic N) is 5. The summed E-state index contributed by atoms with van der Waals surface area (Å²) in [5.41, 5.74) is 3.43. The first kappa shape index (κ1) is 23.6. The molecule has 0 aliphatic carbocycles. The molecule has 0 fully saturated rings. The van der Waals surface area contributed by atoms with Crippen molar-refractivity contribution in [2.75, 3.05) is 5.32 Å². The molecule has 1 amide bonds. The zero-order valence-corrected chi connectivity index (χ0v) is 17.5. The topological polar surface area (TPSA) is 123 Å². The van der Waals surface area contributed by atoms with Crippen LogP contribution in [0.2, 0.25) is 0 Å². The van der Waals surface area contributed by atoms with Crippen molar-refractivity contribution >= 4 is 39.6 Å². The number of alkyl halides is 3. The highest BCUT2D eigenvalue weighted by Gasteiger charge is 2.38. The number of halogens is 3. The monoisotopic (exact) mass is 460 g/mol. The molecule has 0 saturated heterocycles. The molecule has 3 heterocycles. The average molecular weight is 460 g/mol. The van der Waals surface area contributed by atoms with Crippen LogP contribution in [0.4, 0.5) is 18.9 Å². The number of carboxylic acids is 1. The number of rotatable bonds is 4. The smallest absolute Gasteiger partial charge is 0.475 e. The molecule has 0 atom stereocenters. The molecule has 3 aromatic heterocycles. The molecule has 0 spiro atoms. The summed E-state index contributed by atoms with van der Waals surface area (Å²) < 4.78 is 33.8. The third-order valence-corrected chi connectivity index (χ3v) is 4.31. The summed E-state index contributed by atoms with van der Waals surface area (Å²) in [4.78, 5) is 29.8. The van der Waals surface area contributed by atoms with Gasteiger partial charge in [0.05, 0.1) is 29.2 Å². The highest BCUT2D eigenvalue weighted by Crippen LogP contribution is 2.24. The number of hydrogen-bond donors (Lipinski definition) is 2. The summed E-state index contributed by atoms with van der Waals surface area (Å²) in [6.45, 7) is 5.12. The highest BCUT2D eigenvalue weighted by atomic mass is 19.4. The summed E-state index contributed by atoms with van der Waals surface area (Å²) in [5, 5.41) is 19.3. The van der Waals surface area contributed by atoms with Gasteiger partial charge in [-0.25, -0.2) is 9.78 Å². The lowest BCUT2D eigenvalue weighted by Gasteiger charge is -2.09. The van der Waals surface area contributed by atoms with Gasteiger partial charge in [-0.3, -0.25) is 9.78 Å². The van der Waals surface area contributed by atoms with E-state index in [-0.39, 0.29) is 5.91 Å². The molecule has 9 nitrogen and oxygen atoms in total. The van der Waals surface area contributed by atoms with Crippen LogP contribution in [0.25, 0.3) is 22.1 Å². The van der Waals surface area contributed by atoms with Crippen molar-refractivity contribution in [2.24, 2.45) is 5.92 Å². The quantitative estimate of drug-likeness (QED) is 0.473. The maximum atomic E-state index is 12.6. The molecule has 0 saturated carbocycles. The van der Waals surface area contributed by atoms with Crippen LogP contribution in [0.1, 0.15) is 24.2 Å². The molecule has 0 unspecified atom stereocenters. The summed E-state index contributed by atoms with van der Waals surface area (Å²) in [6.07, 6.45) is -0.0293. The van der Waals surface area contributed by atoms with Gasteiger partial charge in [-0.2, -0.15) is 13.2 Å². The normalized spacial score (nSPS) is 11.3. The zero-order chi connectivity index (χ0) is 24.2. The molecule has 0 bridgehead atoms. The number of carboxylic acid groups (broad SMARTS) is 1. The number of aliphatic carboxylic acids is 1. The number of aromatic nitrogens is 5. The second-order valence-electron chi connectivity index (χ2n) is 7.39. The average Bonchev–Trinajstić information content (AvgIpc) is 3.16. The molecule has 2 N–H and O–H groups in total. The molecule has 0 radical (unpaired) electrons. The maximum absolute atomic E-state index is 12.6. The second kappa shape index (κ2) is 9.59. The minimum atomic E-state index is -5.08. The minimum absolute atomic E-state index is 0.195. The number of carbonyl (C=O) groups excluding carboxylic acids is 1. The molecular formula is C21H19F3N6O3. The largest absolute Gasteiger partial charge is 0.490 e. The van der Waals surface area contributed by atoms with Crippen molar-refractivity contribution in [3.05, 3.63) is 54.6 Å². The van der Waals surface area contributed by atoms with Crippen molar-refractivity contribution in [1.29, 1.82) is 0 Å². The van der Waals surface area contributed by atoms with Crippen LogP contribution in [-0.4, -0.2) is 47.9 Å². The van der Waals surface area contributed by atoms with Gasteiger partial charge >= 0.3 is 12.1 Å². The number of imidazole rings is 1. The van der Waals surface area contributed by atoms with Crippen molar-refractivity contribution in [1.82, 2.24) is 24.7 Å². The van der Waals surface area contributed by atoms with Gasteiger partial charge < -0.3 is 15.0 Å². The zero-order valence-electron chi connectivity index (χ0n) is 17.5. The number of fused-ring (bicyclic) bond motifs is 3. The number of anilines is 1. The standard InChI is InChI=1S/C19H18N6O.C2HF3O2/c1-12(2)10-25-11-21-18-17(25)15-8-13(5-6-16(15)23-24-18)19(26)22-14-4-3-7-20-9-14;3-2(4,5)1(6)7/h3-9,11-12H,10H2,1-2H3,(H,22,26);(H,6,7). The molecule has 172 valence electrons. The Bertz CT molecular complexity index is 1290. The van der Waals surface area contributed by atoms with Gasteiger partial charge in [0.15, 0.2) is 0 Å². The van der Waals surface area contributed by atoms with E-state index in [1.165, 1.54) is 0 Å². The number of nitrogens with one attached hydrogen (secondary N) is 1. The van der Waals surface area contributed by atoms with Gasteiger partial charge in [-0.1, -0.05) is 13.8 Å². The van der Waals surface area contributed by atoms with Crippen LogP contribution >= 0.6 is 0 Å². The predicted octanol–water partition coefficient (Wildman–Crippen LogP) is 3.92. The number of carbonyl (C=O) groups is 2. The molecule has 4 rings (SSSR count). The van der Waals surface area contributed by atoms with E-state index in [0.29, 0.717) is 22.8 Å². The van der Waals surface area contributed by atoms with E-state index in [4.69, 9.17) is 9.90 Å². The van der Waals surface area contributed by atoms with Crippen LogP contribution in [0.5, 0.6) is 0 Å². The van der Waals surface area contributed by atoms with Crippen LogP contribution in [0.15, 0.2) is 49.1 Å². The van der Waals surface area contributed by atoms with Crippen molar-refractivity contribution < 1.29 is 27.9 Å². The summed E-state index contributed by atoms with van der Waals surface area (Å²) in [7, 11) is 0. The molecule has 0 aliphatic rings. The first-order chi connectivity index (χ1) is 15.6. The van der Waals surface area contributed by atoms with Crippen LogP contribution < -0.4 is 5.32 Å². The van der Waals surface area contributed by atoms with Gasteiger partial charge in [0.25, 0.3) is 5.91 Å². The van der Waals surface area contributed by atoms with E-state index in [1.807, 2.05) is 12.1 Å². The van der Waals surface area contributed by atoms with E-state index in [2.05, 4.69) is 43.9 Å². The fraction of sp³-hybridized carbons (Fsp3) is 0.238. The number of hydrogen-bond acceptors (Lipinski definition) is 6. The third-order valence-electron chi connectivity index (χ3n) is 4.31. The van der Waals surface area contributed by atoms with E-state index < -0.39 is 12.1 Å². The maximum Gasteiger partial charge on any atom is 0.490 e. The lowest BCUT2D eigenvalue weighted by Crippen LogP contribution is -2.21. The van der Waals surface area contributed by atoms with E-state index in [1.54, 1.807) is 36.9 Å². The Labute approximate surface area is 185 Å². The fourth-order valence-electron chi connectivity index (χ4n) is 2.95. The Morgan fingerprint density at radius 3 is 2.52 bits per heavy atom. The molecular weight excluding hydrogens is 441 g/mol. The number of pyridine rings is 1. The molecule has 12 heteroatoms. The Hall–Kier alpha value is -4.09. The Morgan fingerprint density at radius 1 is 1.18 bits per heavy atom.